The lowest BCUT2D eigenvalue weighted by Gasteiger charge is -2.14. The van der Waals surface area contributed by atoms with Gasteiger partial charge in [0, 0.05) is 4.47 Å². The van der Waals surface area contributed by atoms with Crippen molar-refractivity contribution in [3.05, 3.63) is 45.0 Å². The molecule has 132 valence electrons. The molecule has 0 spiro atoms. The Morgan fingerprint density at radius 2 is 1.84 bits per heavy atom. The summed E-state index contributed by atoms with van der Waals surface area (Å²) in [5.74, 6) is -0.587. The molecule has 3 aromatic rings. The van der Waals surface area contributed by atoms with E-state index >= 15 is 0 Å². The second kappa shape index (κ2) is 6.25. The van der Waals surface area contributed by atoms with Crippen LogP contribution in [0.4, 0.5) is 13.2 Å². The van der Waals surface area contributed by atoms with Gasteiger partial charge in [-0.2, -0.15) is 13.2 Å². The topological polar surface area (TPSA) is 43.6 Å². The number of halogens is 5. The van der Waals surface area contributed by atoms with Crippen LogP contribution < -0.4 is 0 Å². The summed E-state index contributed by atoms with van der Waals surface area (Å²) in [5.41, 5.74) is 1.22. The molecule has 3 rings (SSSR count). The molecule has 1 aromatic carbocycles. The van der Waals surface area contributed by atoms with E-state index in [-0.39, 0.29) is 33.7 Å². The van der Waals surface area contributed by atoms with Crippen molar-refractivity contribution in [1.29, 1.82) is 0 Å². The largest absolute Gasteiger partial charge is 0.450 e. The molecule has 0 fully saturated rings. The van der Waals surface area contributed by atoms with Crippen molar-refractivity contribution in [1.82, 2.24) is 19.5 Å². The molecule has 0 N–H and O–H groups in total. The van der Waals surface area contributed by atoms with Gasteiger partial charge in [0.05, 0.1) is 5.69 Å². The van der Waals surface area contributed by atoms with Gasteiger partial charge >= 0.3 is 6.18 Å². The quantitative estimate of drug-likeness (QED) is 0.488. The van der Waals surface area contributed by atoms with E-state index in [1.165, 1.54) is 0 Å². The van der Waals surface area contributed by atoms with Crippen molar-refractivity contribution in [2.75, 3.05) is 0 Å². The van der Waals surface area contributed by atoms with Gasteiger partial charge in [-0.05, 0) is 46.5 Å². The van der Waals surface area contributed by atoms with Gasteiger partial charge in [-0.25, -0.2) is 15.0 Å². The van der Waals surface area contributed by atoms with Crippen molar-refractivity contribution in [2.45, 2.75) is 32.9 Å². The van der Waals surface area contributed by atoms with Gasteiger partial charge < -0.3 is 0 Å². The maximum atomic E-state index is 13.6. The monoisotopic (exact) mass is 432 g/mol. The van der Waals surface area contributed by atoms with Gasteiger partial charge in [0.1, 0.15) is 11.3 Å². The molecule has 0 bridgehead atoms. The molecule has 2 heterocycles. The van der Waals surface area contributed by atoms with E-state index in [0.717, 1.165) is 10.1 Å². The summed E-state index contributed by atoms with van der Waals surface area (Å²) in [7, 11) is 0. The van der Waals surface area contributed by atoms with Crippen LogP contribution in [0.3, 0.4) is 0 Å². The lowest BCUT2D eigenvalue weighted by molar-refractivity contribution is -0.145. The third kappa shape index (κ3) is 3.25. The maximum absolute atomic E-state index is 13.6. The maximum Gasteiger partial charge on any atom is 0.450 e. The number of hydrogen-bond acceptors (Lipinski definition) is 3. The number of aryl methyl sites for hydroxylation is 1. The van der Waals surface area contributed by atoms with E-state index in [2.05, 4.69) is 30.9 Å². The lowest BCUT2D eigenvalue weighted by atomic mass is 10.0. The third-order valence-corrected chi connectivity index (χ3v) is 4.61. The van der Waals surface area contributed by atoms with Crippen LogP contribution in [0.15, 0.2) is 22.7 Å². The lowest BCUT2D eigenvalue weighted by Crippen LogP contribution is -2.14. The second-order valence-electron chi connectivity index (χ2n) is 5.87. The Morgan fingerprint density at radius 1 is 1.16 bits per heavy atom. The standard InChI is InChI=1S/C16H13BrClF3N4/c1-7(2)9-4-5-11(10(17)6-9)25-14-12(13(18)22-8(3)23-14)24-15(25)16(19,20)21/h4-7H,1-3H3. The molecule has 0 radical (unpaired) electrons. The molecule has 0 amide bonds. The van der Waals surface area contributed by atoms with E-state index in [0.29, 0.717) is 4.47 Å². The minimum Gasteiger partial charge on any atom is -0.272 e. The van der Waals surface area contributed by atoms with Crippen molar-refractivity contribution in [3.63, 3.8) is 0 Å². The zero-order chi connectivity index (χ0) is 18.5. The zero-order valence-electron chi connectivity index (χ0n) is 13.5. The number of aromatic nitrogens is 4. The van der Waals surface area contributed by atoms with Crippen molar-refractivity contribution in [2.24, 2.45) is 0 Å². The first-order valence-electron chi connectivity index (χ1n) is 7.39. The van der Waals surface area contributed by atoms with Crippen LogP contribution in [-0.2, 0) is 6.18 Å². The van der Waals surface area contributed by atoms with Crippen molar-refractivity contribution < 1.29 is 13.2 Å². The molecule has 0 unspecified atom stereocenters. The Balaban J connectivity index is 2.38. The van der Waals surface area contributed by atoms with Crippen LogP contribution >= 0.6 is 27.5 Å². The molecule has 25 heavy (non-hydrogen) atoms. The van der Waals surface area contributed by atoms with Gasteiger partial charge in [0.2, 0.25) is 5.82 Å². The Morgan fingerprint density at radius 3 is 2.40 bits per heavy atom. The summed E-state index contributed by atoms with van der Waals surface area (Å²) >= 11 is 9.35. The highest BCUT2D eigenvalue weighted by Gasteiger charge is 2.39. The minimum atomic E-state index is -4.67. The van der Waals surface area contributed by atoms with Crippen molar-refractivity contribution in [3.8, 4) is 5.69 Å². The number of fused-ring (bicyclic) bond motifs is 1. The average Bonchev–Trinajstić information content (AvgIpc) is 2.86. The van der Waals surface area contributed by atoms with Gasteiger partial charge in [-0.1, -0.05) is 31.5 Å². The van der Waals surface area contributed by atoms with E-state index in [1.807, 2.05) is 13.8 Å². The molecule has 0 saturated heterocycles. The smallest absolute Gasteiger partial charge is 0.272 e. The highest BCUT2D eigenvalue weighted by molar-refractivity contribution is 9.10. The summed E-state index contributed by atoms with van der Waals surface area (Å²) in [6.07, 6.45) is -4.67. The Hall–Kier alpha value is -1.67. The predicted molar refractivity (Wildman–Crippen MR) is 93.2 cm³/mol. The molecule has 0 aliphatic carbocycles. The summed E-state index contributed by atoms with van der Waals surface area (Å²) in [4.78, 5) is 11.7. The van der Waals surface area contributed by atoms with Crippen LogP contribution in [0.1, 0.15) is 37.0 Å². The molecule has 0 atom stereocenters. The van der Waals surface area contributed by atoms with E-state index < -0.39 is 12.0 Å². The third-order valence-electron chi connectivity index (χ3n) is 3.71. The normalized spacial score (nSPS) is 12.4. The highest BCUT2D eigenvalue weighted by atomic mass is 79.9. The zero-order valence-corrected chi connectivity index (χ0v) is 15.8. The molecular formula is C16H13BrClF3N4. The summed E-state index contributed by atoms with van der Waals surface area (Å²) in [6.45, 7) is 5.57. The SMILES string of the molecule is Cc1nc(Cl)c2nc(C(F)(F)F)n(-c3ccc(C(C)C)cc3Br)c2n1. The fourth-order valence-electron chi connectivity index (χ4n) is 2.51. The fourth-order valence-corrected chi connectivity index (χ4v) is 3.33. The highest BCUT2D eigenvalue weighted by Crippen LogP contribution is 2.37. The number of hydrogen-bond donors (Lipinski definition) is 0. The van der Waals surface area contributed by atoms with Gasteiger partial charge in [0.15, 0.2) is 10.8 Å². The van der Waals surface area contributed by atoms with Crippen LogP contribution in [0.25, 0.3) is 16.9 Å². The Labute approximate surface area is 155 Å². The van der Waals surface area contributed by atoms with Crippen LogP contribution in [0, 0.1) is 6.92 Å². The van der Waals surface area contributed by atoms with E-state index in [1.54, 1.807) is 25.1 Å². The Kier molecular flexibility index (Phi) is 4.53. The minimum absolute atomic E-state index is 0.0165. The number of rotatable bonds is 2. The summed E-state index contributed by atoms with van der Waals surface area (Å²) in [6, 6.07) is 5.19. The number of alkyl halides is 3. The van der Waals surface area contributed by atoms with Gasteiger partial charge in [-0.3, -0.25) is 4.57 Å². The van der Waals surface area contributed by atoms with E-state index in [9.17, 15) is 13.2 Å². The Bertz CT molecular complexity index is 966. The van der Waals surface area contributed by atoms with Crippen LogP contribution in [0.5, 0.6) is 0 Å². The fraction of sp³-hybridized carbons (Fsp3) is 0.312. The number of nitrogens with zero attached hydrogens (tertiary/aromatic N) is 4. The summed E-state index contributed by atoms with van der Waals surface area (Å²) < 4.78 is 42.1. The van der Waals surface area contributed by atoms with E-state index in [4.69, 9.17) is 11.6 Å². The predicted octanol–water partition coefficient (Wildman–Crippen LogP) is 5.68. The second-order valence-corrected chi connectivity index (χ2v) is 7.08. The molecule has 4 nitrogen and oxygen atoms in total. The first-order valence-corrected chi connectivity index (χ1v) is 8.56. The molecule has 9 heteroatoms. The van der Waals surface area contributed by atoms with Crippen LogP contribution in [-0.4, -0.2) is 19.5 Å². The number of benzene rings is 1. The first-order chi connectivity index (χ1) is 11.6. The molecule has 2 aromatic heterocycles. The molecule has 0 saturated carbocycles. The van der Waals surface area contributed by atoms with Gasteiger partial charge in [-0.15, -0.1) is 0 Å². The van der Waals surface area contributed by atoms with Gasteiger partial charge in [0.25, 0.3) is 0 Å². The summed E-state index contributed by atoms with van der Waals surface area (Å²) in [5, 5.41) is -0.110. The first kappa shape index (κ1) is 18.1. The number of imidazole rings is 1. The van der Waals surface area contributed by atoms with Crippen molar-refractivity contribution >= 4 is 38.7 Å². The average molecular weight is 434 g/mol. The van der Waals surface area contributed by atoms with Crippen LogP contribution in [0.2, 0.25) is 5.15 Å². The molecule has 0 aliphatic rings. The molecular weight excluding hydrogens is 421 g/mol. The molecule has 0 aliphatic heterocycles.